The molecule has 0 spiro atoms. The molecule has 1 aliphatic heterocycles. The smallest absolute Gasteiger partial charge is 0.357 e. The molecule has 3 aromatic heterocycles. The molecule has 12 heteroatoms. The number of nitrogens with one attached hydrogen (secondary N) is 3. The summed E-state index contributed by atoms with van der Waals surface area (Å²) in [7, 11) is 2.55. The van der Waals surface area contributed by atoms with Crippen LogP contribution in [0.2, 0.25) is 0 Å². The minimum atomic E-state index is -0.773. The van der Waals surface area contributed by atoms with Crippen LogP contribution in [0, 0.1) is 5.92 Å². The molecule has 3 N–H and O–H groups in total. The fraction of sp³-hybridized carbons (Fsp3) is 0.175. The zero-order valence-electron chi connectivity index (χ0n) is 28.8. The van der Waals surface area contributed by atoms with Crippen molar-refractivity contribution in [1.29, 1.82) is 0 Å². The quantitative estimate of drug-likeness (QED) is 0.129. The van der Waals surface area contributed by atoms with Gasteiger partial charge in [0.05, 0.1) is 19.8 Å². The molecule has 0 radical (unpaired) electrons. The molecule has 0 atom stereocenters. The van der Waals surface area contributed by atoms with Crippen LogP contribution in [0.25, 0.3) is 43.6 Å². The van der Waals surface area contributed by atoms with Crippen molar-refractivity contribution in [2.75, 3.05) is 26.1 Å². The summed E-state index contributed by atoms with van der Waals surface area (Å²) in [6, 6.07) is 21.1. The van der Waals surface area contributed by atoms with Crippen molar-refractivity contribution in [2.24, 2.45) is 5.92 Å². The highest BCUT2D eigenvalue weighted by Gasteiger charge is 2.28. The topological polar surface area (TPSA) is 149 Å². The molecule has 0 saturated carbocycles. The van der Waals surface area contributed by atoms with Crippen molar-refractivity contribution in [1.82, 2.24) is 15.3 Å². The average molecular weight is 715 g/mol. The normalized spacial score (nSPS) is 11.7. The number of rotatable bonds is 9. The zero-order valence-corrected chi connectivity index (χ0v) is 29.6. The number of ether oxygens (including phenoxy) is 3. The lowest BCUT2D eigenvalue weighted by molar-refractivity contribution is 0.0588. The summed E-state index contributed by atoms with van der Waals surface area (Å²) in [6.45, 7) is 4.72. The van der Waals surface area contributed by atoms with Gasteiger partial charge < -0.3 is 29.8 Å². The average Bonchev–Trinajstić information content (AvgIpc) is 3.86. The number of fused-ring (bicyclic) bond motifs is 4. The highest BCUT2D eigenvalue weighted by Crippen LogP contribution is 2.45. The van der Waals surface area contributed by atoms with Crippen LogP contribution >= 0.6 is 11.3 Å². The van der Waals surface area contributed by atoms with E-state index in [1.54, 1.807) is 60.0 Å². The van der Waals surface area contributed by atoms with Gasteiger partial charge in [-0.05, 0) is 77.5 Å². The van der Waals surface area contributed by atoms with Gasteiger partial charge in [0, 0.05) is 67.6 Å². The standard InChI is InChI=1S/C40H34N4O7S/c1-21(2)19-42-38(46)32-9-8-25(35(43-32)40(48)50-4)27-18-33-29(36-24(20-51-33)13-15-52-36)17-28(27)37(45)44-31-11-10-30-26(12-14-41-30)34(31)22-6-5-7-23(16-22)39(47)49-3/h5-18,21,41H,19-20H2,1-4H3,(H,42,46)(H,44,45). The predicted octanol–water partition coefficient (Wildman–Crippen LogP) is 7.73. The van der Waals surface area contributed by atoms with E-state index < -0.39 is 23.8 Å². The summed E-state index contributed by atoms with van der Waals surface area (Å²) >= 11 is 1.54. The Bertz CT molecular complexity index is 2390. The van der Waals surface area contributed by atoms with E-state index in [-0.39, 0.29) is 28.4 Å². The maximum atomic E-state index is 14.7. The SMILES string of the molecule is COC(=O)c1cccc(-c2c(NC(=O)c3cc4c(cc3-c3ccc(C(=O)NCC(C)C)nc3C(=O)OC)OCc3ccsc3-4)ccc3[nH]ccc23)c1. The summed E-state index contributed by atoms with van der Waals surface area (Å²) in [5.41, 5.74) is 5.56. The number of carbonyl (C=O) groups is 4. The van der Waals surface area contributed by atoms with Crippen LogP contribution in [0.5, 0.6) is 5.75 Å². The number of carbonyl (C=O) groups excluding carboxylic acids is 4. The largest absolute Gasteiger partial charge is 0.488 e. The number of aromatic nitrogens is 2. The third-order valence-electron chi connectivity index (χ3n) is 8.76. The summed E-state index contributed by atoms with van der Waals surface area (Å²) in [4.78, 5) is 62.0. The van der Waals surface area contributed by atoms with E-state index in [9.17, 15) is 19.2 Å². The molecule has 6 aromatic rings. The Morgan fingerprint density at radius 3 is 2.52 bits per heavy atom. The highest BCUT2D eigenvalue weighted by atomic mass is 32.1. The van der Waals surface area contributed by atoms with Crippen LogP contribution in [0.3, 0.4) is 0 Å². The maximum absolute atomic E-state index is 14.7. The van der Waals surface area contributed by atoms with E-state index in [4.69, 9.17) is 14.2 Å². The van der Waals surface area contributed by atoms with Gasteiger partial charge in [0.25, 0.3) is 11.8 Å². The molecular weight excluding hydrogens is 681 g/mol. The number of hydrogen-bond acceptors (Lipinski definition) is 9. The van der Waals surface area contributed by atoms with Gasteiger partial charge in [-0.25, -0.2) is 14.6 Å². The molecule has 0 bridgehead atoms. The molecule has 11 nitrogen and oxygen atoms in total. The fourth-order valence-corrected chi connectivity index (χ4v) is 7.16. The number of pyridine rings is 1. The molecule has 0 fully saturated rings. The lowest BCUT2D eigenvalue weighted by atomic mass is 9.92. The lowest BCUT2D eigenvalue weighted by Crippen LogP contribution is -2.28. The first-order valence-electron chi connectivity index (χ1n) is 16.5. The molecule has 262 valence electrons. The Morgan fingerprint density at radius 1 is 0.904 bits per heavy atom. The Balaban J connectivity index is 1.38. The van der Waals surface area contributed by atoms with Crippen LogP contribution in [0.15, 0.2) is 84.4 Å². The van der Waals surface area contributed by atoms with Crippen molar-refractivity contribution >= 4 is 51.7 Å². The molecule has 0 unspecified atom stereocenters. The fourth-order valence-electron chi connectivity index (χ4n) is 6.23. The Morgan fingerprint density at radius 2 is 1.73 bits per heavy atom. The van der Waals surface area contributed by atoms with E-state index in [1.165, 1.54) is 20.3 Å². The van der Waals surface area contributed by atoms with Gasteiger partial charge in [-0.15, -0.1) is 11.3 Å². The Hall–Kier alpha value is -6.27. The predicted molar refractivity (Wildman–Crippen MR) is 199 cm³/mol. The van der Waals surface area contributed by atoms with Crippen molar-refractivity contribution in [2.45, 2.75) is 20.5 Å². The van der Waals surface area contributed by atoms with Gasteiger partial charge in [0.15, 0.2) is 5.69 Å². The van der Waals surface area contributed by atoms with Gasteiger partial charge in [-0.3, -0.25) is 9.59 Å². The lowest BCUT2D eigenvalue weighted by Gasteiger charge is -2.22. The van der Waals surface area contributed by atoms with Gasteiger partial charge in [0.2, 0.25) is 0 Å². The maximum Gasteiger partial charge on any atom is 0.357 e. The number of amides is 2. The minimum Gasteiger partial charge on any atom is -0.488 e. The minimum absolute atomic E-state index is 0.0341. The Labute approximate surface area is 303 Å². The van der Waals surface area contributed by atoms with Gasteiger partial charge in [-0.2, -0.15) is 0 Å². The third-order valence-corrected chi connectivity index (χ3v) is 9.75. The number of nitrogens with zero attached hydrogens (tertiary/aromatic N) is 1. The van der Waals surface area contributed by atoms with E-state index in [0.29, 0.717) is 46.8 Å². The molecule has 7 rings (SSSR count). The third kappa shape index (κ3) is 6.40. The van der Waals surface area contributed by atoms with Crippen LogP contribution in [0.1, 0.15) is 61.1 Å². The zero-order chi connectivity index (χ0) is 36.5. The molecule has 2 amide bonds. The molecular formula is C40H34N4O7S. The first kappa shape index (κ1) is 34.2. The van der Waals surface area contributed by atoms with E-state index in [1.807, 2.05) is 43.5 Å². The van der Waals surface area contributed by atoms with Crippen LogP contribution in [-0.2, 0) is 16.1 Å². The van der Waals surface area contributed by atoms with E-state index >= 15 is 0 Å². The van der Waals surface area contributed by atoms with Gasteiger partial charge in [-0.1, -0.05) is 26.0 Å². The van der Waals surface area contributed by atoms with E-state index in [2.05, 4.69) is 20.6 Å². The van der Waals surface area contributed by atoms with Crippen LogP contribution in [-0.4, -0.2) is 54.5 Å². The van der Waals surface area contributed by atoms with Crippen LogP contribution in [0.4, 0.5) is 5.69 Å². The van der Waals surface area contributed by atoms with E-state index in [0.717, 1.165) is 26.9 Å². The number of methoxy groups -OCH3 is 2. The first-order valence-corrected chi connectivity index (χ1v) is 17.4. The molecule has 0 aliphatic carbocycles. The molecule has 52 heavy (non-hydrogen) atoms. The van der Waals surface area contributed by atoms with Crippen molar-refractivity contribution in [3.63, 3.8) is 0 Å². The second kappa shape index (κ2) is 14.2. The second-order valence-electron chi connectivity index (χ2n) is 12.6. The van der Waals surface area contributed by atoms with Crippen molar-refractivity contribution in [3.8, 4) is 38.4 Å². The Kier molecular flexibility index (Phi) is 9.31. The van der Waals surface area contributed by atoms with Crippen molar-refractivity contribution < 1.29 is 33.4 Å². The number of anilines is 1. The van der Waals surface area contributed by atoms with Gasteiger partial charge >= 0.3 is 11.9 Å². The number of thiophene rings is 1. The first-order chi connectivity index (χ1) is 25.2. The monoisotopic (exact) mass is 714 g/mol. The number of benzene rings is 3. The number of H-pyrrole nitrogens is 1. The molecule has 0 saturated heterocycles. The summed E-state index contributed by atoms with van der Waals surface area (Å²) in [6.07, 6.45) is 1.80. The molecule has 4 heterocycles. The number of hydrogen-bond donors (Lipinski definition) is 3. The number of aromatic amines is 1. The molecule has 3 aromatic carbocycles. The number of esters is 2. The molecule has 1 aliphatic rings. The van der Waals surface area contributed by atoms with Gasteiger partial charge in [0.1, 0.15) is 18.1 Å². The summed E-state index contributed by atoms with van der Waals surface area (Å²) in [5.74, 6) is -1.43. The summed E-state index contributed by atoms with van der Waals surface area (Å²) in [5, 5.41) is 8.74. The van der Waals surface area contributed by atoms with Crippen molar-refractivity contribution in [3.05, 3.63) is 112 Å². The summed E-state index contributed by atoms with van der Waals surface area (Å²) < 4.78 is 16.2. The second-order valence-corrected chi connectivity index (χ2v) is 13.5. The highest BCUT2D eigenvalue weighted by molar-refractivity contribution is 7.13. The van der Waals surface area contributed by atoms with Crippen LogP contribution < -0.4 is 15.4 Å².